The van der Waals surface area contributed by atoms with Crippen molar-refractivity contribution in [2.24, 2.45) is 0 Å². The maximum atomic E-state index is 11.1. The molecule has 1 unspecified atom stereocenters. The molecule has 2 aromatic carbocycles. The summed E-state index contributed by atoms with van der Waals surface area (Å²) in [6.45, 7) is 0. The normalized spacial score (nSPS) is 12.0. The largest absolute Gasteiger partial charge is 0.508 e. The Morgan fingerprint density at radius 2 is 1.67 bits per heavy atom. The van der Waals surface area contributed by atoms with Crippen LogP contribution in [0.1, 0.15) is 17.2 Å². The Bertz CT molecular complexity index is 522. The van der Waals surface area contributed by atoms with E-state index < -0.39 is 6.04 Å². The second kappa shape index (κ2) is 5.31. The van der Waals surface area contributed by atoms with Crippen LogP contribution in [0.25, 0.3) is 0 Å². The number of hydrogen-bond donors (Lipinski definition) is 1. The first kappa shape index (κ1) is 12.1. The van der Waals surface area contributed by atoms with Gasteiger partial charge in [0.2, 0.25) is 6.04 Å². The van der Waals surface area contributed by atoms with Crippen molar-refractivity contribution in [3.05, 3.63) is 75.8 Å². The van der Waals surface area contributed by atoms with Gasteiger partial charge in [0.15, 0.2) is 0 Å². The predicted molar refractivity (Wildman–Crippen MR) is 68.0 cm³/mol. The fourth-order valence-corrected chi connectivity index (χ4v) is 1.84. The molecule has 0 aliphatic rings. The van der Waals surface area contributed by atoms with E-state index in [1.54, 1.807) is 36.4 Å². The van der Waals surface area contributed by atoms with Gasteiger partial charge in [-0.05, 0) is 17.7 Å². The van der Waals surface area contributed by atoms with Gasteiger partial charge in [0.25, 0.3) is 0 Å². The summed E-state index contributed by atoms with van der Waals surface area (Å²) in [5, 5.41) is 20.3. The smallest absolute Gasteiger partial charge is 0.242 e. The molecule has 1 atom stereocenters. The van der Waals surface area contributed by atoms with Gasteiger partial charge in [0.1, 0.15) is 5.75 Å². The van der Waals surface area contributed by atoms with Crippen LogP contribution in [-0.2, 0) is 6.42 Å². The fraction of sp³-hybridized carbons (Fsp3) is 0.143. The number of phenols is 1. The zero-order valence-corrected chi connectivity index (χ0v) is 9.69. The zero-order chi connectivity index (χ0) is 13.0. The number of nitrogens with zero attached hydrogens (tertiary/aromatic N) is 1. The van der Waals surface area contributed by atoms with Crippen LogP contribution in [0.2, 0.25) is 0 Å². The minimum Gasteiger partial charge on any atom is -0.508 e. The Balaban J connectivity index is 2.22. The molecule has 2 aromatic rings. The SMILES string of the molecule is O=[N+]([O-])C(Cc1ccc(O)cc1)c1ccccc1. The van der Waals surface area contributed by atoms with Gasteiger partial charge < -0.3 is 5.11 Å². The number of aromatic hydroxyl groups is 1. The Morgan fingerprint density at radius 1 is 1.06 bits per heavy atom. The van der Waals surface area contributed by atoms with E-state index in [4.69, 9.17) is 0 Å². The van der Waals surface area contributed by atoms with E-state index in [1.807, 2.05) is 6.07 Å². The van der Waals surface area contributed by atoms with Crippen molar-refractivity contribution in [3.63, 3.8) is 0 Å². The van der Waals surface area contributed by atoms with Crippen molar-refractivity contribution in [2.45, 2.75) is 12.5 Å². The third kappa shape index (κ3) is 2.85. The molecular formula is C14H13NO3. The second-order valence-corrected chi connectivity index (χ2v) is 4.08. The standard InChI is InChI=1S/C14H13NO3/c16-13-8-6-11(7-9-13)10-14(15(17)18)12-4-2-1-3-5-12/h1-9,14,16H,10H2. The molecule has 18 heavy (non-hydrogen) atoms. The monoisotopic (exact) mass is 243 g/mol. The van der Waals surface area contributed by atoms with Gasteiger partial charge in [0, 0.05) is 16.9 Å². The van der Waals surface area contributed by atoms with Crippen LogP contribution < -0.4 is 0 Å². The molecule has 2 rings (SSSR count). The summed E-state index contributed by atoms with van der Waals surface area (Å²) in [5.41, 5.74) is 1.52. The molecule has 0 spiro atoms. The first-order valence-corrected chi connectivity index (χ1v) is 5.63. The highest BCUT2D eigenvalue weighted by atomic mass is 16.6. The molecule has 0 bridgehead atoms. The van der Waals surface area contributed by atoms with E-state index in [-0.39, 0.29) is 10.7 Å². The maximum Gasteiger partial charge on any atom is 0.242 e. The van der Waals surface area contributed by atoms with Crippen molar-refractivity contribution in [2.75, 3.05) is 0 Å². The molecule has 0 radical (unpaired) electrons. The maximum absolute atomic E-state index is 11.1. The Kier molecular flexibility index (Phi) is 3.57. The molecule has 1 N–H and O–H groups in total. The lowest BCUT2D eigenvalue weighted by Gasteiger charge is -2.09. The molecule has 4 heteroatoms. The molecule has 0 heterocycles. The van der Waals surface area contributed by atoms with E-state index in [9.17, 15) is 15.2 Å². The van der Waals surface area contributed by atoms with Gasteiger partial charge in [-0.15, -0.1) is 0 Å². The van der Waals surface area contributed by atoms with Gasteiger partial charge in [-0.25, -0.2) is 0 Å². The summed E-state index contributed by atoms with van der Waals surface area (Å²) in [6, 6.07) is 14.7. The zero-order valence-electron chi connectivity index (χ0n) is 9.69. The summed E-state index contributed by atoms with van der Waals surface area (Å²) in [4.78, 5) is 10.9. The second-order valence-electron chi connectivity index (χ2n) is 4.08. The lowest BCUT2D eigenvalue weighted by atomic mass is 9.99. The molecule has 0 aromatic heterocycles. The van der Waals surface area contributed by atoms with Crippen LogP contribution >= 0.6 is 0 Å². The third-order valence-electron chi connectivity index (χ3n) is 2.80. The van der Waals surface area contributed by atoms with E-state index in [2.05, 4.69) is 0 Å². The average Bonchev–Trinajstić information content (AvgIpc) is 2.38. The van der Waals surface area contributed by atoms with Gasteiger partial charge in [0.05, 0.1) is 0 Å². The van der Waals surface area contributed by atoms with Crippen LogP contribution in [0, 0.1) is 10.1 Å². The average molecular weight is 243 g/mol. The lowest BCUT2D eigenvalue weighted by molar-refractivity contribution is -0.528. The highest BCUT2D eigenvalue weighted by Gasteiger charge is 2.22. The molecule has 92 valence electrons. The highest BCUT2D eigenvalue weighted by Crippen LogP contribution is 2.22. The number of benzene rings is 2. The van der Waals surface area contributed by atoms with Crippen molar-refractivity contribution in [1.29, 1.82) is 0 Å². The van der Waals surface area contributed by atoms with E-state index in [1.165, 1.54) is 12.1 Å². The summed E-state index contributed by atoms with van der Waals surface area (Å²) < 4.78 is 0. The topological polar surface area (TPSA) is 63.4 Å². The molecule has 0 saturated heterocycles. The molecule has 0 saturated carbocycles. The highest BCUT2D eigenvalue weighted by molar-refractivity contribution is 5.28. The third-order valence-corrected chi connectivity index (χ3v) is 2.80. The van der Waals surface area contributed by atoms with Crippen molar-refractivity contribution < 1.29 is 10.0 Å². The van der Waals surface area contributed by atoms with E-state index in [0.717, 1.165) is 5.56 Å². The van der Waals surface area contributed by atoms with Crippen LogP contribution in [-0.4, -0.2) is 10.0 Å². The van der Waals surface area contributed by atoms with Crippen LogP contribution in [0.4, 0.5) is 0 Å². The molecule has 4 nitrogen and oxygen atoms in total. The number of nitro groups is 1. The van der Waals surface area contributed by atoms with Crippen molar-refractivity contribution in [1.82, 2.24) is 0 Å². The molecule has 0 aliphatic carbocycles. The number of phenolic OH excluding ortho intramolecular Hbond substituents is 1. The van der Waals surface area contributed by atoms with Crippen molar-refractivity contribution in [3.8, 4) is 5.75 Å². The summed E-state index contributed by atoms with van der Waals surface area (Å²) in [5.74, 6) is 0.163. The minimum atomic E-state index is -0.754. The summed E-state index contributed by atoms with van der Waals surface area (Å²) >= 11 is 0. The van der Waals surface area contributed by atoms with Crippen LogP contribution in [0.5, 0.6) is 5.75 Å². The van der Waals surface area contributed by atoms with Crippen LogP contribution in [0.3, 0.4) is 0 Å². The quantitative estimate of drug-likeness (QED) is 0.663. The summed E-state index contributed by atoms with van der Waals surface area (Å²) in [7, 11) is 0. The van der Waals surface area contributed by atoms with Crippen molar-refractivity contribution >= 4 is 0 Å². The number of rotatable bonds is 4. The summed E-state index contributed by atoms with van der Waals surface area (Å²) in [6.07, 6.45) is 0.317. The van der Waals surface area contributed by atoms with Gasteiger partial charge in [-0.1, -0.05) is 42.5 Å². The fourth-order valence-electron chi connectivity index (χ4n) is 1.84. The van der Waals surface area contributed by atoms with Gasteiger partial charge in [-0.2, -0.15) is 0 Å². The lowest BCUT2D eigenvalue weighted by Crippen LogP contribution is -2.13. The molecule has 0 fully saturated rings. The minimum absolute atomic E-state index is 0.163. The molecule has 0 aliphatic heterocycles. The predicted octanol–water partition coefficient (Wildman–Crippen LogP) is 2.95. The van der Waals surface area contributed by atoms with Gasteiger partial charge >= 0.3 is 0 Å². The van der Waals surface area contributed by atoms with Crippen LogP contribution in [0.15, 0.2) is 54.6 Å². The van der Waals surface area contributed by atoms with E-state index >= 15 is 0 Å². The Morgan fingerprint density at radius 3 is 2.22 bits per heavy atom. The van der Waals surface area contributed by atoms with Gasteiger partial charge in [-0.3, -0.25) is 10.1 Å². The first-order valence-electron chi connectivity index (χ1n) is 5.63. The Labute approximate surface area is 105 Å². The first-order chi connectivity index (χ1) is 8.66. The molecular weight excluding hydrogens is 230 g/mol. The van der Waals surface area contributed by atoms with E-state index in [0.29, 0.717) is 12.0 Å². The number of hydrogen-bond acceptors (Lipinski definition) is 3. The molecule has 0 amide bonds. The Hall–Kier alpha value is -2.36.